The van der Waals surface area contributed by atoms with Gasteiger partial charge in [0.15, 0.2) is 0 Å². The number of carbonyl (C=O) groups is 2. The van der Waals surface area contributed by atoms with E-state index < -0.39 is 28.8 Å². The number of rotatable bonds is 5. The van der Waals surface area contributed by atoms with Crippen molar-refractivity contribution in [1.82, 2.24) is 0 Å². The molecule has 0 bridgehead atoms. The molecule has 0 amide bonds. The SMILES string of the molecule is CC(C)[C@H](N)C(=O)O[C@H]1CC2[C@]3(CC[C@]4(C)[C@@H]([C@@]5(C)CC[C@@H](C(C)(C)O)O5)[C@@H](O)C[C@@]24C)C[C@@]32CCC(=O)C(C)(C)[C@H]12.Cl. The van der Waals surface area contributed by atoms with Crippen LogP contribution in [0.4, 0.5) is 0 Å². The number of halogens is 1. The van der Waals surface area contributed by atoms with Gasteiger partial charge < -0.3 is 25.4 Å². The molecule has 5 aliphatic carbocycles. The molecule has 246 valence electrons. The Morgan fingerprint density at radius 2 is 1.67 bits per heavy atom. The highest BCUT2D eigenvalue weighted by Gasteiger charge is 2.85. The van der Waals surface area contributed by atoms with Crippen molar-refractivity contribution in [2.75, 3.05) is 0 Å². The number of aliphatic hydroxyl groups excluding tert-OH is 1. The Labute approximate surface area is 265 Å². The summed E-state index contributed by atoms with van der Waals surface area (Å²) in [5.41, 5.74) is 4.02. The highest BCUT2D eigenvalue weighted by molar-refractivity contribution is 5.86. The molecule has 12 atom stereocenters. The van der Waals surface area contributed by atoms with Gasteiger partial charge >= 0.3 is 5.97 Å². The van der Waals surface area contributed by atoms with E-state index >= 15 is 0 Å². The topological polar surface area (TPSA) is 119 Å². The first-order chi connectivity index (χ1) is 19.2. The summed E-state index contributed by atoms with van der Waals surface area (Å²) in [6.45, 7) is 18.6. The van der Waals surface area contributed by atoms with Gasteiger partial charge in [-0.25, -0.2) is 0 Å². The fourth-order valence-corrected chi connectivity index (χ4v) is 12.5. The molecule has 1 heterocycles. The fourth-order valence-electron chi connectivity index (χ4n) is 12.5. The van der Waals surface area contributed by atoms with Crippen LogP contribution in [0.3, 0.4) is 0 Å². The minimum absolute atomic E-state index is 0. The van der Waals surface area contributed by atoms with Crippen LogP contribution in [0.5, 0.6) is 0 Å². The predicted molar refractivity (Wildman–Crippen MR) is 167 cm³/mol. The largest absolute Gasteiger partial charge is 0.461 e. The Kier molecular flexibility index (Phi) is 7.73. The number of hydrogen-bond donors (Lipinski definition) is 3. The molecule has 4 N–H and O–H groups in total. The van der Waals surface area contributed by atoms with Gasteiger partial charge in [-0.15, -0.1) is 12.4 Å². The van der Waals surface area contributed by atoms with Crippen molar-refractivity contribution in [3.05, 3.63) is 0 Å². The van der Waals surface area contributed by atoms with Crippen LogP contribution in [0.15, 0.2) is 0 Å². The number of ether oxygens (including phenoxy) is 2. The van der Waals surface area contributed by atoms with Crippen molar-refractivity contribution in [3.63, 3.8) is 0 Å². The van der Waals surface area contributed by atoms with E-state index in [0.717, 1.165) is 44.9 Å². The summed E-state index contributed by atoms with van der Waals surface area (Å²) in [5.74, 6) is 0.105. The molecule has 6 aliphatic rings. The Balaban J connectivity index is 0.00000368. The molecule has 5 saturated carbocycles. The number of fused-ring (bicyclic) bond motifs is 2. The van der Waals surface area contributed by atoms with Crippen molar-refractivity contribution in [2.45, 2.75) is 156 Å². The normalized spacial score (nSPS) is 50.6. The van der Waals surface area contributed by atoms with Crippen LogP contribution in [0, 0.1) is 50.7 Å². The molecular weight excluding hydrogens is 566 g/mol. The van der Waals surface area contributed by atoms with Gasteiger partial charge in [0, 0.05) is 23.7 Å². The van der Waals surface area contributed by atoms with E-state index in [9.17, 15) is 19.8 Å². The molecule has 0 radical (unpaired) electrons. The summed E-state index contributed by atoms with van der Waals surface area (Å²) in [6, 6.07) is -0.692. The van der Waals surface area contributed by atoms with Crippen molar-refractivity contribution >= 4 is 24.2 Å². The summed E-state index contributed by atoms with van der Waals surface area (Å²) < 4.78 is 13.1. The number of esters is 1. The van der Waals surface area contributed by atoms with E-state index in [1.54, 1.807) is 0 Å². The maximum atomic E-state index is 13.4. The third-order valence-electron chi connectivity index (χ3n) is 14.8. The maximum absolute atomic E-state index is 13.4. The molecule has 1 saturated heterocycles. The molecular formula is C35H58ClNO6. The molecule has 1 unspecified atom stereocenters. The number of hydrogen-bond acceptors (Lipinski definition) is 7. The average Bonchev–Trinajstić information content (AvgIpc) is 3.24. The van der Waals surface area contributed by atoms with Gasteiger partial charge in [0.2, 0.25) is 0 Å². The van der Waals surface area contributed by atoms with E-state index in [1.807, 2.05) is 27.7 Å². The predicted octanol–water partition coefficient (Wildman–Crippen LogP) is 5.60. The third kappa shape index (κ3) is 4.26. The summed E-state index contributed by atoms with van der Waals surface area (Å²) in [5, 5.41) is 22.7. The monoisotopic (exact) mass is 623 g/mol. The van der Waals surface area contributed by atoms with Crippen LogP contribution in [-0.2, 0) is 19.1 Å². The zero-order valence-corrected chi connectivity index (χ0v) is 28.8. The standard InChI is InChI=1S/C35H57NO6.ClH/c1-19(2)25(36)28(39)41-21-16-22-32(8)17-20(37)26(33(9)12-11-24(42-33)30(5,6)40)31(32,7)14-15-34(22)18-35(34)13-10-23(38)29(3,4)27(21)35;/h19-22,24-27,37,40H,10-18,36H2,1-9H3;1H/t20-,21-,22?,24-,25-,26-,27-,31+,32-,33+,34-,35+;/m0./s1. The van der Waals surface area contributed by atoms with Gasteiger partial charge in [0.25, 0.3) is 0 Å². The number of carbonyl (C=O) groups excluding carboxylic acids is 2. The minimum Gasteiger partial charge on any atom is -0.461 e. The smallest absolute Gasteiger partial charge is 0.323 e. The zero-order valence-electron chi connectivity index (χ0n) is 28.0. The van der Waals surface area contributed by atoms with Gasteiger partial charge in [0.05, 0.1) is 23.4 Å². The molecule has 2 spiro atoms. The maximum Gasteiger partial charge on any atom is 0.323 e. The van der Waals surface area contributed by atoms with Gasteiger partial charge in [-0.05, 0) is 106 Å². The summed E-state index contributed by atoms with van der Waals surface area (Å²) in [7, 11) is 0. The Morgan fingerprint density at radius 1 is 1.02 bits per heavy atom. The highest BCUT2D eigenvalue weighted by Crippen LogP contribution is 2.89. The van der Waals surface area contributed by atoms with Crippen LogP contribution in [0.2, 0.25) is 0 Å². The molecule has 6 fully saturated rings. The van der Waals surface area contributed by atoms with Crippen LogP contribution < -0.4 is 5.73 Å². The lowest BCUT2D eigenvalue weighted by Crippen LogP contribution is -2.62. The zero-order chi connectivity index (χ0) is 31.1. The molecule has 8 heteroatoms. The van der Waals surface area contributed by atoms with Gasteiger partial charge in [-0.3, -0.25) is 9.59 Å². The summed E-state index contributed by atoms with van der Waals surface area (Å²) in [4.78, 5) is 26.8. The third-order valence-corrected chi connectivity index (χ3v) is 14.8. The number of Topliss-reactive ketones (excluding diaryl/α,β-unsaturated/α-hetero) is 1. The van der Waals surface area contributed by atoms with Crippen LogP contribution in [0.1, 0.15) is 120 Å². The van der Waals surface area contributed by atoms with Crippen molar-refractivity contribution < 1.29 is 29.3 Å². The van der Waals surface area contributed by atoms with E-state index in [0.29, 0.717) is 12.8 Å². The first kappa shape index (κ1) is 33.6. The number of ketones is 1. The lowest BCUT2D eigenvalue weighted by Gasteiger charge is -2.64. The quantitative estimate of drug-likeness (QED) is 0.341. The Bertz CT molecular complexity index is 1170. The van der Waals surface area contributed by atoms with E-state index in [-0.39, 0.29) is 81.7 Å². The van der Waals surface area contributed by atoms with Crippen LogP contribution >= 0.6 is 12.4 Å². The first-order valence-corrected chi connectivity index (χ1v) is 16.8. The lowest BCUT2D eigenvalue weighted by atomic mass is 9.41. The van der Waals surface area contributed by atoms with Gasteiger partial charge in [-0.2, -0.15) is 0 Å². The molecule has 1 aliphatic heterocycles. The van der Waals surface area contributed by atoms with E-state index in [2.05, 4.69) is 34.6 Å². The van der Waals surface area contributed by atoms with Crippen molar-refractivity contribution in [2.24, 2.45) is 56.5 Å². The molecule has 43 heavy (non-hydrogen) atoms. The Hall–Kier alpha value is -0.730. The molecule has 0 aromatic carbocycles. The average molecular weight is 624 g/mol. The second-order valence-corrected chi connectivity index (χ2v) is 17.8. The van der Waals surface area contributed by atoms with Crippen LogP contribution in [-0.4, -0.2) is 57.5 Å². The molecule has 0 aromatic heterocycles. The second-order valence-electron chi connectivity index (χ2n) is 17.8. The van der Waals surface area contributed by atoms with Crippen molar-refractivity contribution in [3.8, 4) is 0 Å². The fraction of sp³-hybridized carbons (Fsp3) is 0.943. The molecule has 7 nitrogen and oxygen atoms in total. The first-order valence-electron chi connectivity index (χ1n) is 16.8. The minimum atomic E-state index is -0.930. The summed E-state index contributed by atoms with van der Waals surface area (Å²) >= 11 is 0. The Morgan fingerprint density at radius 3 is 2.26 bits per heavy atom. The van der Waals surface area contributed by atoms with Gasteiger partial charge in [0.1, 0.15) is 17.9 Å². The second kappa shape index (κ2) is 9.89. The number of nitrogens with two attached hydrogens (primary N) is 1. The number of aliphatic hydroxyl groups is 2. The van der Waals surface area contributed by atoms with Crippen molar-refractivity contribution in [1.29, 1.82) is 0 Å². The lowest BCUT2D eigenvalue weighted by molar-refractivity contribution is -0.210. The van der Waals surface area contributed by atoms with E-state index in [4.69, 9.17) is 15.2 Å². The molecule has 6 rings (SSSR count). The summed E-state index contributed by atoms with van der Waals surface area (Å²) in [6.07, 6.45) is 6.52. The van der Waals surface area contributed by atoms with Crippen LogP contribution in [0.25, 0.3) is 0 Å². The molecule has 0 aromatic rings. The highest BCUT2D eigenvalue weighted by atomic mass is 35.5. The van der Waals surface area contributed by atoms with Gasteiger partial charge in [-0.1, -0.05) is 41.5 Å². The van der Waals surface area contributed by atoms with E-state index in [1.165, 1.54) is 0 Å².